The Bertz CT molecular complexity index is 616. The number of carbonyl (C=O) groups is 1. The number of likely N-dealkylation sites (N-methyl/N-ethyl adjacent to an activating group) is 1. The molecule has 0 unspecified atom stereocenters. The van der Waals surface area contributed by atoms with Crippen molar-refractivity contribution in [3.05, 3.63) is 23.8 Å². The summed E-state index contributed by atoms with van der Waals surface area (Å²) in [5, 5.41) is 11.1. The third-order valence-electron chi connectivity index (χ3n) is 3.04. The van der Waals surface area contributed by atoms with Gasteiger partial charge in [-0.2, -0.15) is 4.31 Å². The smallest absolute Gasteiger partial charge is 0.247 e. The Morgan fingerprint density at radius 2 is 2.09 bits per heavy atom. The van der Waals surface area contributed by atoms with Gasteiger partial charge in [0.1, 0.15) is 10.6 Å². The highest BCUT2D eigenvalue weighted by atomic mass is 32.2. The van der Waals surface area contributed by atoms with E-state index >= 15 is 0 Å². The highest BCUT2D eigenvalue weighted by Gasteiger charge is 2.28. The number of nitrogens with zero attached hydrogens (tertiary/aromatic N) is 1. The zero-order valence-corrected chi connectivity index (χ0v) is 13.8. The number of nitrogens with one attached hydrogen (secondary N) is 1. The van der Waals surface area contributed by atoms with Crippen molar-refractivity contribution in [1.29, 1.82) is 0 Å². The van der Waals surface area contributed by atoms with Crippen LogP contribution >= 0.6 is 0 Å². The van der Waals surface area contributed by atoms with Crippen LogP contribution in [-0.4, -0.2) is 57.1 Å². The van der Waals surface area contributed by atoms with E-state index in [0.29, 0.717) is 0 Å². The topological polar surface area (TPSA) is 95.9 Å². The molecule has 7 nitrogen and oxygen atoms in total. The first-order valence-electron chi connectivity index (χ1n) is 6.89. The monoisotopic (exact) mass is 330 g/mol. The number of methoxy groups -OCH3 is 1. The first-order chi connectivity index (χ1) is 10.4. The normalized spacial score (nSPS) is 11.5. The summed E-state index contributed by atoms with van der Waals surface area (Å²) in [4.78, 5) is 11.7. The lowest BCUT2D eigenvalue weighted by molar-refractivity contribution is -0.121. The van der Waals surface area contributed by atoms with Crippen molar-refractivity contribution in [2.45, 2.75) is 18.7 Å². The van der Waals surface area contributed by atoms with E-state index in [0.717, 1.165) is 9.87 Å². The van der Waals surface area contributed by atoms with Gasteiger partial charge in [0.25, 0.3) is 0 Å². The van der Waals surface area contributed by atoms with E-state index in [9.17, 15) is 13.2 Å². The van der Waals surface area contributed by atoms with Gasteiger partial charge in [0.2, 0.25) is 15.9 Å². The summed E-state index contributed by atoms with van der Waals surface area (Å²) in [6, 6.07) is 4.85. The molecule has 1 aromatic carbocycles. The van der Waals surface area contributed by atoms with Crippen LogP contribution in [0, 0.1) is 6.92 Å². The summed E-state index contributed by atoms with van der Waals surface area (Å²) in [6.45, 7) is 3.16. The van der Waals surface area contributed by atoms with E-state index in [1.807, 2.05) is 0 Å². The van der Waals surface area contributed by atoms with Crippen LogP contribution in [0.25, 0.3) is 0 Å². The van der Waals surface area contributed by atoms with Gasteiger partial charge in [-0.3, -0.25) is 4.79 Å². The fraction of sp³-hybridized carbons (Fsp3) is 0.500. The van der Waals surface area contributed by atoms with E-state index in [-0.39, 0.29) is 36.9 Å². The maximum Gasteiger partial charge on any atom is 0.247 e. The number of aliphatic hydroxyl groups excluding tert-OH is 1. The van der Waals surface area contributed by atoms with Crippen LogP contribution in [0.3, 0.4) is 0 Å². The maximum atomic E-state index is 12.7. The Balaban J connectivity index is 3.09. The van der Waals surface area contributed by atoms with Crippen LogP contribution in [0.5, 0.6) is 5.75 Å². The molecule has 1 rings (SSSR count). The van der Waals surface area contributed by atoms with Crippen LogP contribution in [0.15, 0.2) is 23.1 Å². The van der Waals surface area contributed by atoms with E-state index < -0.39 is 15.9 Å². The molecule has 0 aliphatic heterocycles. The molecule has 0 aromatic heterocycles. The molecule has 0 saturated heterocycles. The number of hydrogen-bond donors (Lipinski definition) is 2. The average molecular weight is 330 g/mol. The molecule has 0 saturated carbocycles. The average Bonchev–Trinajstić information content (AvgIpc) is 2.50. The summed E-state index contributed by atoms with van der Waals surface area (Å²) in [7, 11) is -2.45. The number of aryl methyl sites for hydroxylation is 1. The minimum atomic E-state index is -3.85. The molecule has 124 valence electrons. The van der Waals surface area contributed by atoms with Gasteiger partial charge >= 0.3 is 0 Å². The highest BCUT2D eigenvalue weighted by Crippen LogP contribution is 2.27. The van der Waals surface area contributed by atoms with Gasteiger partial charge in [-0.05, 0) is 24.6 Å². The van der Waals surface area contributed by atoms with Crippen LogP contribution in [0.1, 0.15) is 12.5 Å². The Kier molecular flexibility index (Phi) is 6.79. The number of carbonyl (C=O) groups excluding carboxylic acids is 1. The highest BCUT2D eigenvalue weighted by molar-refractivity contribution is 7.89. The van der Waals surface area contributed by atoms with Gasteiger partial charge < -0.3 is 15.2 Å². The lowest BCUT2D eigenvalue weighted by Crippen LogP contribution is -2.41. The van der Waals surface area contributed by atoms with Crippen molar-refractivity contribution < 1.29 is 23.1 Å². The van der Waals surface area contributed by atoms with Crippen LogP contribution in [-0.2, 0) is 14.8 Å². The summed E-state index contributed by atoms with van der Waals surface area (Å²) in [5.41, 5.74) is 0.778. The van der Waals surface area contributed by atoms with Crippen LogP contribution in [0.2, 0.25) is 0 Å². The molecule has 0 heterocycles. The molecule has 0 bridgehead atoms. The number of sulfonamides is 1. The first kappa shape index (κ1) is 18.4. The number of ether oxygens (including phenoxy) is 1. The minimum absolute atomic E-state index is 0.0341. The van der Waals surface area contributed by atoms with E-state index in [2.05, 4.69) is 5.32 Å². The molecule has 0 spiro atoms. The van der Waals surface area contributed by atoms with Crippen molar-refractivity contribution in [2.24, 2.45) is 0 Å². The predicted molar refractivity (Wildman–Crippen MR) is 82.3 cm³/mol. The fourth-order valence-electron chi connectivity index (χ4n) is 1.90. The predicted octanol–water partition coefficient (Wildman–Crippen LogP) is 0.123. The molecule has 2 N–H and O–H groups in total. The lowest BCUT2D eigenvalue weighted by atomic mass is 10.2. The van der Waals surface area contributed by atoms with Crippen molar-refractivity contribution in [1.82, 2.24) is 9.62 Å². The second kappa shape index (κ2) is 8.11. The molecule has 22 heavy (non-hydrogen) atoms. The van der Waals surface area contributed by atoms with Gasteiger partial charge in [-0.15, -0.1) is 0 Å². The Morgan fingerprint density at radius 3 is 2.64 bits per heavy atom. The minimum Gasteiger partial charge on any atom is -0.495 e. The van der Waals surface area contributed by atoms with Gasteiger partial charge in [0.15, 0.2) is 0 Å². The quantitative estimate of drug-likeness (QED) is 0.706. The molecule has 0 atom stereocenters. The van der Waals surface area contributed by atoms with E-state index in [1.54, 1.807) is 26.0 Å². The summed E-state index contributed by atoms with van der Waals surface area (Å²) in [6.07, 6.45) is 0. The molecule has 8 heteroatoms. The SMILES string of the molecule is CCN(CC(=O)NCCO)S(=O)(=O)c1cc(C)ccc1OC. The Morgan fingerprint density at radius 1 is 1.41 bits per heavy atom. The molecule has 1 amide bonds. The third kappa shape index (κ3) is 4.43. The number of amides is 1. The first-order valence-corrected chi connectivity index (χ1v) is 8.33. The molecule has 0 fully saturated rings. The van der Waals surface area contributed by atoms with Gasteiger partial charge in [-0.25, -0.2) is 8.42 Å². The molecule has 0 aliphatic rings. The van der Waals surface area contributed by atoms with Crippen molar-refractivity contribution in [2.75, 3.05) is 33.4 Å². The standard InChI is InChI=1S/C14H22N2O5S/c1-4-16(10-14(18)15-7-8-17)22(19,20)13-9-11(2)5-6-12(13)21-3/h5-6,9,17H,4,7-8,10H2,1-3H3,(H,15,18). The van der Waals surface area contributed by atoms with Gasteiger partial charge in [0, 0.05) is 13.1 Å². The van der Waals surface area contributed by atoms with Gasteiger partial charge in [0.05, 0.1) is 20.3 Å². The zero-order chi connectivity index (χ0) is 16.8. The third-order valence-corrected chi connectivity index (χ3v) is 4.99. The molecular weight excluding hydrogens is 308 g/mol. The second-order valence-corrected chi connectivity index (χ2v) is 6.57. The van der Waals surface area contributed by atoms with Crippen molar-refractivity contribution in [3.8, 4) is 5.75 Å². The zero-order valence-electron chi connectivity index (χ0n) is 13.0. The Hall–Kier alpha value is -1.64. The number of benzene rings is 1. The molecule has 0 radical (unpaired) electrons. The number of aliphatic hydroxyl groups is 1. The van der Waals surface area contributed by atoms with Gasteiger partial charge in [-0.1, -0.05) is 13.0 Å². The molecular formula is C14H22N2O5S. The fourth-order valence-corrected chi connectivity index (χ4v) is 3.55. The summed E-state index contributed by atoms with van der Waals surface area (Å²) in [5.74, 6) is -0.231. The van der Waals surface area contributed by atoms with Crippen LogP contribution < -0.4 is 10.1 Å². The Labute approximate surface area is 130 Å². The van der Waals surface area contributed by atoms with Crippen LogP contribution in [0.4, 0.5) is 0 Å². The lowest BCUT2D eigenvalue weighted by Gasteiger charge is -2.21. The van der Waals surface area contributed by atoms with E-state index in [4.69, 9.17) is 9.84 Å². The maximum absolute atomic E-state index is 12.7. The molecule has 1 aromatic rings. The summed E-state index contributed by atoms with van der Waals surface area (Å²) >= 11 is 0. The van der Waals surface area contributed by atoms with E-state index in [1.165, 1.54) is 13.2 Å². The summed E-state index contributed by atoms with van der Waals surface area (Å²) < 4.78 is 31.6. The van der Waals surface area contributed by atoms with Crippen molar-refractivity contribution >= 4 is 15.9 Å². The second-order valence-electron chi connectivity index (χ2n) is 4.66. The molecule has 0 aliphatic carbocycles. The van der Waals surface area contributed by atoms with Crippen molar-refractivity contribution in [3.63, 3.8) is 0 Å². The number of hydrogen-bond acceptors (Lipinski definition) is 5. The largest absolute Gasteiger partial charge is 0.495 e. The number of rotatable bonds is 8.